The quantitative estimate of drug-likeness (QED) is 0.519. The van der Waals surface area contributed by atoms with Crippen molar-refractivity contribution in [2.75, 3.05) is 0 Å². The molecule has 1 aliphatic heterocycles. The van der Waals surface area contributed by atoms with Crippen LogP contribution in [-0.4, -0.2) is 11.2 Å². The van der Waals surface area contributed by atoms with E-state index in [0.717, 1.165) is 23.7 Å². The van der Waals surface area contributed by atoms with Gasteiger partial charge in [-0.05, 0) is 63.2 Å². The molecule has 1 heteroatoms. The highest BCUT2D eigenvalue weighted by atomic mass is 16.6. The lowest BCUT2D eigenvalue weighted by Crippen LogP contribution is -2.29. The van der Waals surface area contributed by atoms with E-state index in [1.807, 2.05) is 0 Å². The van der Waals surface area contributed by atoms with Crippen LogP contribution in [0.4, 0.5) is 0 Å². The van der Waals surface area contributed by atoms with Crippen LogP contribution < -0.4 is 0 Å². The Kier molecular flexibility index (Phi) is 0.959. The van der Waals surface area contributed by atoms with Crippen molar-refractivity contribution < 1.29 is 4.74 Å². The fraction of sp³-hybridized carbons (Fsp3) is 1.00. The van der Waals surface area contributed by atoms with Gasteiger partial charge in [0.15, 0.2) is 0 Å². The molecule has 0 spiro atoms. The molecule has 6 atom stereocenters. The molecule has 6 unspecified atom stereocenters. The Morgan fingerprint density at radius 3 is 2.69 bits per heavy atom. The predicted octanol–water partition coefficient (Wildman–Crippen LogP) is 2.60. The first-order chi connectivity index (χ1) is 6.14. The molecule has 0 aromatic heterocycles. The molecule has 3 aliphatic carbocycles. The standard InChI is InChI=1S/C12H18O/c1-11-6-9-7-3-4-8(5-7)10(9)12(11,2)13-11/h7-10H,3-6H2,1-2H3. The Morgan fingerprint density at radius 1 is 1.15 bits per heavy atom. The van der Waals surface area contributed by atoms with Gasteiger partial charge < -0.3 is 4.74 Å². The van der Waals surface area contributed by atoms with E-state index in [1.54, 1.807) is 0 Å². The van der Waals surface area contributed by atoms with Crippen molar-refractivity contribution >= 4 is 0 Å². The minimum Gasteiger partial charge on any atom is -0.363 e. The number of fused-ring (bicyclic) bond motifs is 7. The van der Waals surface area contributed by atoms with Crippen molar-refractivity contribution in [1.29, 1.82) is 0 Å². The number of hydrogen-bond acceptors (Lipinski definition) is 1. The summed E-state index contributed by atoms with van der Waals surface area (Å²) in [5, 5.41) is 0. The predicted molar refractivity (Wildman–Crippen MR) is 50.3 cm³/mol. The Balaban J connectivity index is 1.79. The second-order valence-corrected chi connectivity index (χ2v) is 6.17. The topological polar surface area (TPSA) is 12.5 Å². The Morgan fingerprint density at radius 2 is 1.92 bits per heavy atom. The van der Waals surface area contributed by atoms with Gasteiger partial charge in [0, 0.05) is 0 Å². The fourth-order valence-electron chi connectivity index (χ4n) is 5.12. The molecule has 0 aromatic rings. The number of rotatable bonds is 0. The molecule has 4 aliphatic rings. The molecule has 1 saturated heterocycles. The molecule has 4 rings (SSSR count). The van der Waals surface area contributed by atoms with Crippen molar-refractivity contribution in [1.82, 2.24) is 0 Å². The van der Waals surface area contributed by atoms with E-state index in [-0.39, 0.29) is 0 Å². The summed E-state index contributed by atoms with van der Waals surface area (Å²) in [6.45, 7) is 4.71. The molecule has 0 N–H and O–H groups in total. The maximum Gasteiger partial charge on any atom is 0.0982 e. The Hall–Kier alpha value is -0.0400. The summed E-state index contributed by atoms with van der Waals surface area (Å²) in [5.74, 6) is 4.10. The molecule has 3 saturated carbocycles. The Labute approximate surface area is 79.8 Å². The molecule has 0 radical (unpaired) electrons. The molecule has 1 nitrogen and oxygen atoms in total. The van der Waals surface area contributed by atoms with Gasteiger partial charge in [0.05, 0.1) is 11.2 Å². The lowest BCUT2D eigenvalue weighted by Gasteiger charge is -2.29. The van der Waals surface area contributed by atoms with Crippen LogP contribution in [0.1, 0.15) is 39.5 Å². The second kappa shape index (κ2) is 1.71. The second-order valence-electron chi connectivity index (χ2n) is 6.17. The largest absolute Gasteiger partial charge is 0.363 e. The first-order valence-corrected chi connectivity index (χ1v) is 5.84. The average molecular weight is 178 g/mol. The highest BCUT2D eigenvalue weighted by Crippen LogP contribution is 2.73. The first-order valence-electron chi connectivity index (χ1n) is 5.84. The van der Waals surface area contributed by atoms with E-state index in [4.69, 9.17) is 4.74 Å². The van der Waals surface area contributed by atoms with E-state index < -0.39 is 0 Å². The third-order valence-electron chi connectivity index (χ3n) is 5.80. The first kappa shape index (κ1) is 7.28. The minimum atomic E-state index is 0.295. The van der Waals surface area contributed by atoms with Crippen LogP contribution in [0.15, 0.2) is 0 Å². The van der Waals surface area contributed by atoms with Crippen molar-refractivity contribution in [2.24, 2.45) is 23.7 Å². The maximum atomic E-state index is 5.99. The number of ether oxygens (including phenoxy) is 1. The van der Waals surface area contributed by atoms with Crippen molar-refractivity contribution in [3.05, 3.63) is 0 Å². The van der Waals surface area contributed by atoms with Crippen LogP contribution in [0.3, 0.4) is 0 Å². The van der Waals surface area contributed by atoms with Crippen LogP contribution in [0.5, 0.6) is 0 Å². The lowest BCUT2D eigenvalue weighted by atomic mass is 9.77. The third kappa shape index (κ3) is 0.587. The highest BCUT2D eigenvalue weighted by molar-refractivity contribution is 5.26. The SMILES string of the molecule is CC12CC3C4CCC(C4)C3C1(C)O2. The van der Waals surface area contributed by atoms with Crippen LogP contribution >= 0.6 is 0 Å². The van der Waals surface area contributed by atoms with Gasteiger partial charge in [0.2, 0.25) is 0 Å². The van der Waals surface area contributed by atoms with Crippen molar-refractivity contribution in [3.63, 3.8) is 0 Å². The summed E-state index contributed by atoms with van der Waals surface area (Å²) in [6.07, 6.45) is 5.93. The molecular formula is C12H18O. The van der Waals surface area contributed by atoms with Crippen LogP contribution in [0.25, 0.3) is 0 Å². The average Bonchev–Trinajstić information content (AvgIpc) is 2.51. The van der Waals surface area contributed by atoms with Gasteiger partial charge in [-0.1, -0.05) is 0 Å². The Bertz CT molecular complexity index is 287. The van der Waals surface area contributed by atoms with Gasteiger partial charge in [-0.25, -0.2) is 0 Å². The summed E-state index contributed by atoms with van der Waals surface area (Å²) in [5.41, 5.74) is 0.598. The summed E-state index contributed by atoms with van der Waals surface area (Å²) < 4.78 is 5.99. The fourth-order valence-corrected chi connectivity index (χ4v) is 5.12. The maximum absolute atomic E-state index is 5.99. The summed E-state index contributed by atoms with van der Waals surface area (Å²) in [7, 11) is 0. The normalized spacial score (nSPS) is 72.5. The monoisotopic (exact) mass is 178 g/mol. The van der Waals surface area contributed by atoms with Gasteiger partial charge in [-0.3, -0.25) is 0 Å². The molecular weight excluding hydrogens is 160 g/mol. The van der Waals surface area contributed by atoms with Gasteiger partial charge in [-0.15, -0.1) is 0 Å². The smallest absolute Gasteiger partial charge is 0.0982 e. The van der Waals surface area contributed by atoms with E-state index in [1.165, 1.54) is 25.7 Å². The zero-order valence-corrected chi connectivity index (χ0v) is 8.55. The van der Waals surface area contributed by atoms with Gasteiger partial charge >= 0.3 is 0 Å². The van der Waals surface area contributed by atoms with Crippen molar-refractivity contribution in [2.45, 2.75) is 50.7 Å². The van der Waals surface area contributed by atoms with E-state index >= 15 is 0 Å². The van der Waals surface area contributed by atoms with E-state index in [9.17, 15) is 0 Å². The van der Waals surface area contributed by atoms with Crippen molar-refractivity contribution in [3.8, 4) is 0 Å². The summed E-state index contributed by atoms with van der Waals surface area (Å²) in [6, 6.07) is 0. The molecule has 2 bridgehead atoms. The van der Waals surface area contributed by atoms with Crippen LogP contribution in [0.2, 0.25) is 0 Å². The van der Waals surface area contributed by atoms with Gasteiger partial charge in [-0.2, -0.15) is 0 Å². The minimum absolute atomic E-state index is 0.295. The zero-order chi connectivity index (χ0) is 8.84. The molecule has 0 amide bonds. The lowest BCUT2D eigenvalue weighted by molar-refractivity contribution is 0.0917. The number of epoxide rings is 1. The summed E-state index contributed by atoms with van der Waals surface area (Å²) in [4.78, 5) is 0. The van der Waals surface area contributed by atoms with E-state index in [0.29, 0.717) is 11.2 Å². The van der Waals surface area contributed by atoms with Gasteiger partial charge in [0.25, 0.3) is 0 Å². The zero-order valence-electron chi connectivity index (χ0n) is 8.55. The van der Waals surface area contributed by atoms with Crippen LogP contribution in [0, 0.1) is 23.7 Å². The van der Waals surface area contributed by atoms with Crippen LogP contribution in [-0.2, 0) is 4.74 Å². The molecule has 1 heterocycles. The van der Waals surface area contributed by atoms with E-state index in [2.05, 4.69) is 13.8 Å². The summed E-state index contributed by atoms with van der Waals surface area (Å²) >= 11 is 0. The molecule has 72 valence electrons. The molecule has 0 aromatic carbocycles. The number of hydrogen-bond donors (Lipinski definition) is 0. The van der Waals surface area contributed by atoms with Gasteiger partial charge in [0.1, 0.15) is 0 Å². The highest BCUT2D eigenvalue weighted by Gasteiger charge is 2.78. The molecule has 13 heavy (non-hydrogen) atoms. The third-order valence-corrected chi connectivity index (χ3v) is 5.80. The molecule has 4 fully saturated rings.